The van der Waals surface area contributed by atoms with E-state index in [9.17, 15) is 5.11 Å². The monoisotopic (exact) mass is 315 g/mol. The van der Waals surface area contributed by atoms with Gasteiger partial charge in [0.05, 0.1) is 6.20 Å². The molecule has 2 heterocycles. The minimum absolute atomic E-state index is 0.165. The van der Waals surface area contributed by atoms with Gasteiger partial charge in [-0.2, -0.15) is 5.10 Å². The fourth-order valence-corrected chi connectivity index (χ4v) is 3.66. The molecule has 0 aliphatic heterocycles. The molecule has 0 aliphatic rings. The lowest BCUT2D eigenvalue weighted by Crippen LogP contribution is -2.24. The van der Waals surface area contributed by atoms with Gasteiger partial charge >= 0.3 is 0 Å². The van der Waals surface area contributed by atoms with Crippen molar-refractivity contribution in [2.24, 2.45) is 7.05 Å². The molecule has 3 rings (SSSR count). The molecule has 4 nitrogen and oxygen atoms in total. The van der Waals surface area contributed by atoms with Gasteiger partial charge in [-0.25, -0.2) is 0 Å². The van der Waals surface area contributed by atoms with Crippen LogP contribution in [0.4, 0.5) is 0 Å². The molecule has 2 unspecified atom stereocenters. The zero-order chi connectivity index (χ0) is 15.7. The van der Waals surface area contributed by atoms with Crippen LogP contribution in [-0.4, -0.2) is 21.4 Å². The molecule has 0 aliphatic carbocycles. The molecule has 0 fully saturated rings. The fourth-order valence-electron chi connectivity index (χ4n) is 2.61. The van der Waals surface area contributed by atoms with Crippen molar-refractivity contribution in [1.29, 1.82) is 0 Å². The van der Waals surface area contributed by atoms with E-state index >= 15 is 0 Å². The summed E-state index contributed by atoms with van der Waals surface area (Å²) in [5, 5.41) is 19.3. The van der Waals surface area contributed by atoms with E-state index in [2.05, 4.69) is 42.5 Å². The lowest BCUT2D eigenvalue weighted by atomic mass is 10.1. The summed E-state index contributed by atoms with van der Waals surface area (Å²) in [4.78, 5) is 1.00. The number of benzene rings is 1. The number of nitrogens with one attached hydrogen (secondary N) is 1. The first-order valence-electron chi connectivity index (χ1n) is 7.44. The molecule has 0 amide bonds. The number of aromatic nitrogens is 2. The highest BCUT2D eigenvalue weighted by atomic mass is 32.1. The molecule has 1 aromatic carbocycles. The summed E-state index contributed by atoms with van der Waals surface area (Å²) in [5.41, 5.74) is 2.32. The van der Waals surface area contributed by atoms with Gasteiger partial charge in [-0.15, -0.1) is 11.3 Å². The maximum Gasteiger partial charge on any atom is 0.101 e. The maximum absolute atomic E-state index is 10.4. The Kier molecular flexibility index (Phi) is 4.29. The van der Waals surface area contributed by atoms with E-state index in [1.54, 1.807) is 11.3 Å². The first-order valence-corrected chi connectivity index (χ1v) is 8.26. The van der Waals surface area contributed by atoms with Gasteiger partial charge in [0.25, 0.3) is 0 Å². The van der Waals surface area contributed by atoms with Crippen molar-refractivity contribution in [1.82, 2.24) is 15.1 Å². The third-order valence-corrected chi connectivity index (χ3v) is 5.35. The van der Waals surface area contributed by atoms with Gasteiger partial charge in [-0.05, 0) is 31.4 Å². The van der Waals surface area contributed by atoms with Gasteiger partial charge in [0.2, 0.25) is 0 Å². The van der Waals surface area contributed by atoms with Crippen molar-refractivity contribution in [3.05, 3.63) is 52.7 Å². The first kappa shape index (κ1) is 15.2. The Hall–Kier alpha value is -1.69. The second kappa shape index (κ2) is 6.20. The van der Waals surface area contributed by atoms with E-state index < -0.39 is 6.10 Å². The largest absolute Gasteiger partial charge is 0.386 e. The normalized spacial score (nSPS) is 14.4. The molecule has 0 spiro atoms. The van der Waals surface area contributed by atoms with E-state index in [4.69, 9.17) is 0 Å². The third kappa shape index (κ3) is 2.92. The number of nitrogens with zero attached hydrogens (tertiary/aromatic N) is 2. The van der Waals surface area contributed by atoms with Crippen LogP contribution in [0.3, 0.4) is 0 Å². The van der Waals surface area contributed by atoms with Gasteiger partial charge in [-0.3, -0.25) is 4.68 Å². The van der Waals surface area contributed by atoms with Gasteiger partial charge < -0.3 is 10.4 Å². The van der Waals surface area contributed by atoms with Crippen LogP contribution in [0.25, 0.3) is 10.1 Å². The zero-order valence-corrected chi connectivity index (χ0v) is 13.9. The number of rotatable bonds is 5. The van der Waals surface area contributed by atoms with Crippen molar-refractivity contribution in [2.45, 2.75) is 26.0 Å². The molecule has 2 N–H and O–H groups in total. The Morgan fingerprint density at radius 1 is 1.36 bits per heavy atom. The van der Waals surface area contributed by atoms with Crippen molar-refractivity contribution < 1.29 is 5.11 Å². The van der Waals surface area contributed by atoms with Crippen LogP contribution in [0.15, 0.2) is 36.5 Å². The van der Waals surface area contributed by atoms with E-state index in [0.717, 1.165) is 10.6 Å². The van der Waals surface area contributed by atoms with E-state index in [1.165, 1.54) is 15.6 Å². The van der Waals surface area contributed by atoms with Crippen LogP contribution in [0.5, 0.6) is 0 Å². The van der Waals surface area contributed by atoms with Crippen LogP contribution in [0, 0.1) is 6.92 Å². The molecule has 3 aromatic rings. The van der Waals surface area contributed by atoms with E-state index in [1.807, 2.05) is 30.1 Å². The molecule has 2 atom stereocenters. The number of aliphatic hydroxyl groups excluding tert-OH is 1. The summed E-state index contributed by atoms with van der Waals surface area (Å²) in [6.45, 7) is 4.69. The van der Waals surface area contributed by atoms with Gasteiger partial charge in [-0.1, -0.05) is 18.2 Å². The highest BCUT2D eigenvalue weighted by molar-refractivity contribution is 7.19. The summed E-state index contributed by atoms with van der Waals surface area (Å²) >= 11 is 1.65. The molecular weight excluding hydrogens is 294 g/mol. The predicted octanol–water partition coefficient (Wildman–Crippen LogP) is 3.33. The van der Waals surface area contributed by atoms with E-state index in [0.29, 0.717) is 6.54 Å². The number of aryl methyl sites for hydroxylation is 1. The van der Waals surface area contributed by atoms with Crippen LogP contribution in [0.2, 0.25) is 0 Å². The van der Waals surface area contributed by atoms with Crippen molar-refractivity contribution >= 4 is 21.4 Å². The summed E-state index contributed by atoms with van der Waals surface area (Å²) < 4.78 is 3.09. The Morgan fingerprint density at radius 2 is 2.14 bits per heavy atom. The second-order valence-electron chi connectivity index (χ2n) is 5.64. The van der Waals surface area contributed by atoms with Crippen molar-refractivity contribution in [2.75, 3.05) is 6.54 Å². The summed E-state index contributed by atoms with van der Waals surface area (Å²) in [6, 6.07) is 10.5. The second-order valence-corrected chi connectivity index (χ2v) is 6.76. The molecule has 0 saturated carbocycles. The maximum atomic E-state index is 10.4. The number of hydrogen-bond acceptors (Lipinski definition) is 4. The molecule has 5 heteroatoms. The molecule has 22 heavy (non-hydrogen) atoms. The van der Waals surface area contributed by atoms with Crippen LogP contribution in [0.1, 0.15) is 35.2 Å². The predicted molar refractivity (Wildman–Crippen MR) is 91.1 cm³/mol. The smallest absolute Gasteiger partial charge is 0.101 e. The number of hydrogen-bond donors (Lipinski definition) is 2. The Morgan fingerprint density at radius 3 is 2.82 bits per heavy atom. The lowest BCUT2D eigenvalue weighted by molar-refractivity contribution is 0.174. The molecule has 116 valence electrons. The fraction of sp³-hybridized carbons (Fsp3) is 0.353. The Labute approximate surface area is 134 Å². The van der Waals surface area contributed by atoms with Crippen molar-refractivity contribution in [3.63, 3.8) is 0 Å². The molecular formula is C17H21N3OS. The van der Waals surface area contributed by atoms with Crippen LogP contribution >= 0.6 is 11.3 Å². The summed E-state index contributed by atoms with van der Waals surface area (Å²) in [7, 11) is 1.94. The topological polar surface area (TPSA) is 50.1 Å². The van der Waals surface area contributed by atoms with E-state index in [-0.39, 0.29) is 6.04 Å². The standard InChI is InChI=1S/C17H21N3OS/c1-11(14-9-19-20(3)12(14)2)18-10-15(21)17-8-13-6-4-5-7-16(13)22-17/h4-9,11,15,18,21H,10H2,1-3H3. The molecule has 0 radical (unpaired) electrons. The lowest BCUT2D eigenvalue weighted by Gasteiger charge is -2.16. The zero-order valence-electron chi connectivity index (χ0n) is 13.1. The van der Waals surface area contributed by atoms with Gasteiger partial charge in [0, 0.05) is 40.5 Å². The summed E-state index contributed by atoms with van der Waals surface area (Å²) in [5.74, 6) is 0. The highest BCUT2D eigenvalue weighted by Gasteiger charge is 2.15. The Bertz CT molecular complexity index is 744. The van der Waals surface area contributed by atoms with Crippen LogP contribution in [-0.2, 0) is 7.05 Å². The average Bonchev–Trinajstić information content (AvgIpc) is 3.09. The number of thiophene rings is 1. The minimum Gasteiger partial charge on any atom is -0.386 e. The minimum atomic E-state index is -0.489. The van der Waals surface area contributed by atoms with Crippen LogP contribution < -0.4 is 5.32 Å². The van der Waals surface area contributed by atoms with Gasteiger partial charge in [0.1, 0.15) is 6.10 Å². The highest BCUT2D eigenvalue weighted by Crippen LogP contribution is 2.29. The summed E-state index contributed by atoms with van der Waals surface area (Å²) in [6.07, 6.45) is 1.40. The first-order chi connectivity index (χ1) is 10.6. The molecule has 0 bridgehead atoms. The number of fused-ring (bicyclic) bond motifs is 1. The molecule has 0 saturated heterocycles. The quantitative estimate of drug-likeness (QED) is 0.759. The number of aliphatic hydroxyl groups is 1. The van der Waals surface area contributed by atoms with Gasteiger partial charge in [0.15, 0.2) is 0 Å². The molecule has 2 aromatic heterocycles. The third-order valence-electron chi connectivity index (χ3n) is 4.13. The average molecular weight is 315 g/mol. The van der Waals surface area contributed by atoms with Crippen molar-refractivity contribution in [3.8, 4) is 0 Å². The SMILES string of the molecule is Cc1c(C(C)NCC(O)c2cc3ccccc3s2)cnn1C. The Balaban J connectivity index is 1.66.